The van der Waals surface area contributed by atoms with E-state index in [1.54, 1.807) is 43.5 Å². The van der Waals surface area contributed by atoms with Crippen molar-refractivity contribution in [3.8, 4) is 0 Å². The number of likely N-dealkylation sites (tertiary alicyclic amines) is 1. The quantitative estimate of drug-likeness (QED) is 0.738. The molecule has 2 fully saturated rings. The van der Waals surface area contributed by atoms with Gasteiger partial charge in [0.15, 0.2) is 0 Å². The van der Waals surface area contributed by atoms with E-state index in [-0.39, 0.29) is 17.3 Å². The molecule has 2 amide bonds. The molecule has 0 N–H and O–H groups in total. The molecule has 0 bridgehead atoms. The summed E-state index contributed by atoms with van der Waals surface area (Å²) in [4.78, 5) is 29.7. The average Bonchev–Trinajstić information content (AvgIpc) is 3.39. The maximum absolute atomic E-state index is 14.2. The van der Waals surface area contributed by atoms with Crippen LogP contribution in [0.25, 0.3) is 0 Å². The number of rotatable bonds is 3. The van der Waals surface area contributed by atoms with Gasteiger partial charge >= 0.3 is 6.03 Å². The Morgan fingerprint density at radius 2 is 2.03 bits per heavy atom. The summed E-state index contributed by atoms with van der Waals surface area (Å²) >= 11 is 0. The summed E-state index contributed by atoms with van der Waals surface area (Å²) in [6, 6.07) is 4.86. The van der Waals surface area contributed by atoms with E-state index >= 15 is 0 Å². The molecule has 8 heteroatoms. The summed E-state index contributed by atoms with van der Waals surface area (Å²) in [7, 11) is 3.54. The van der Waals surface area contributed by atoms with Gasteiger partial charge in [0, 0.05) is 63.8 Å². The number of carbonyl (C=O) groups excluding carboxylic acids is 1. The molecule has 3 aliphatic heterocycles. The SMILES string of the molecule is CN(C)C(=O)N1CC2(CCN(C[C@H]3CCN(c4cnccn4)C3)CC2)c2cc(F)ccc21. The van der Waals surface area contributed by atoms with E-state index in [1.807, 2.05) is 11.1 Å². The van der Waals surface area contributed by atoms with Crippen LogP contribution >= 0.6 is 0 Å². The Morgan fingerprint density at radius 1 is 1.22 bits per heavy atom. The topological polar surface area (TPSA) is 55.8 Å². The van der Waals surface area contributed by atoms with Crippen LogP contribution in [0, 0.1) is 11.7 Å². The maximum Gasteiger partial charge on any atom is 0.323 e. The molecular formula is C24H31FN6O. The second-order valence-electron chi connectivity index (χ2n) is 9.67. The summed E-state index contributed by atoms with van der Waals surface area (Å²) in [6.45, 7) is 5.70. The number of aromatic nitrogens is 2. The first-order chi connectivity index (χ1) is 15.4. The van der Waals surface area contributed by atoms with Crippen LogP contribution in [0.15, 0.2) is 36.8 Å². The Bertz CT molecular complexity index is 976. The summed E-state index contributed by atoms with van der Waals surface area (Å²) in [5, 5.41) is 0. The third-order valence-electron chi connectivity index (χ3n) is 7.38. The van der Waals surface area contributed by atoms with Gasteiger partial charge in [-0.25, -0.2) is 14.2 Å². The molecule has 0 saturated carbocycles. The Hall–Kier alpha value is -2.74. The van der Waals surface area contributed by atoms with E-state index in [0.717, 1.165) is 69.1 Å². The highest BCUT2D eigenvalue weighted by Gasteiger charge is 2.47. The number of urea groups is 1. The monoisotopic (exact) mass is 438 g/mol. The number of nitrogens with zero attached hydrogens (tertiary/aromatic N) is 6. The standard InChI is InChI=1S/C24H31FN6O/c1-28(2)23(32)31-17-24(20-13-19(25)3-4-21(20)31)6-11-29(12-7-24)15-18-5-10-30(16-18)22-14-26-8-9-27-22/h3-4,8-9,13-14,18H,5-7,10-12,15-17H2,1-2H3/t18-/m1/s1. The number of amides is 2. The molecule has 170 valence electrons. The van der Waals surface area contributed by atoms with Crippen molar-refractivity contribution in [2.75, 3.05) is 63.2 Å². The van der Waals surface area contributed by atoms with Crippen molar-refractivity contribution in [2.45, 2.75) is 24.7 Å². The number of fused-ring (bicyclic) bond motifs is 2. The van der Waals surface area contributed by atoms with E-state index in [1.165, 1.54) is 6.07 Å². The molecule has 3 aliphatic rings. The second-order valence-corrected chi connectivity index (χ2v) is 9.67. The van der Waals surface area contributed by atoms with Crippen molar-refractivity contribution in [2.24, 2.45) is 5.92 Å². The Labute approximate surface area is 188 Å². The predicted octanol–water partition coefficient (Wildman–Crippen LogP) is 2.98. The number of carbonyl (C=O) groups is 1. The second kappa shape index (κ2) is 8.31. The lowest BCUT2D eigenvalue weighted by molar-refractivity contribution is 0.148. The Kier molecular flexibility index (Phi) is 5.49. The largest absolute Gasteiger partial charge is 0.355 e. The molecule has 4 heterocycles. The Balaban J connectivity index is 1.24. The van der Waals surface area contributed by atoms with Gasteiger partial charge in [-0.3, -0.25) is 9.88 Å². The molecule has 1 aromatic carbocycles. The van der Waals surface area contributed by atoms with E-state index < -0.39 is 0 Å². The molecule has 1 atom stereocenters. The van der Waals surface area contributed by atoms with Gasteiger partial charge in [-0.15, -0.1) is 0 Å². The molecule has 2 saturated heterocycles. The highest BCUT2D eigenvalue weighted by molar-refractivity contribution is 5.95. The van der Waals surface area contributed by atoms with Crippen LogP contribution in [0.1, 0.15) is 24.8 Å². The molecule has 0 aliphatic carbocycles. The predicted molar refractivity (Wildman–Crippen MR) is 123 cm³/mol. The zero-order valence-corrected chi connectivity index (χ0v) is 18.9. The van der Waals surface area contributed by atoms with Crippen molar-refractivity contribution in [1.82, 2.24) is 19.8 Å². The number of piperidine rings is 1. The Morgan fingerprint density at radius 3 is 2.75 bits per heavy atom. The van der Waals surface area contributed by atoms with Crippen molar-refractivity contribution < 1.29 is 9.18 Å². The third kappa shape index (κ3) is 3.81. The molecule has 5 rings (SSSR count). The minimum absolute atomic E-state index is 0.0350. The van der Waals surface area contributed by atoms with Crippen LogP contribution < -0.4 is 9.80 Å². The fourth-order valence-corrected chi connectivity index (χ4v) is 5.65. The van der Waals surface area contributed by atoms with Crippen molar-refractivity contribution in [1.29, 1.82) is 0 Å². The average molecular weight is 439 g/mol. The first kappa shape index (κ1) is 21.1. The maximum atomic E-state index is 14.2. The van der Waals surface area contributed by atoms with Gasteiger partial charge < -0.3 is 14.7 Å². The van der Waals surface area contributed by atoms with Crippen LogP contribution in [0.4, 0.5) is 20.7 Å². The van der Waals surface area contributed by atoms with E-state index in [4.69, 9.17) is 0 Å². The number of halogens is 1. The summed E-state index contributed by atoms with van der Waals surface area (Å²) in [5.74, 6) is 1.36. The highest BCUT2D eigenvalue weighted by Crippen LogP contribution is 2.47. The summed E-state index contributed by atoms with van der Waals surface area (Å²) in [5.41, 5.74) is 1.72. The minimum atomic E-state index is -0.222. The molecule has 0 unspecified atom stereocenters. The van der Waals surface area contributed by atoms with Gasteiger partial charge in [-0.05, 0) is 62.0 Å². The fraction of sp³-hybridized carbons (Fsp3) is 0.542. The molecular weight excluding hydrogens is 407 g/mol. The number of benzene rings is 1. The van der Waals surface area contributed by atoms with Crippen LogP contribution in [-0.2, 0) is 5.41 Å². The minimum Gasteiger partial charge on any atom is -0.355 e. The van der Waals surface area contributed by atoms with Gasteiger partial charge in [0.05, 0.1) is 6.20 Å². The molecule has 1 spiro atoms. The zero-order chi connectivity index (χ0) is 22.3. The van der Waals surface area contributed by atoms with Gasteiger partial charge in [0.25, 0.3) is 0 Å². The normalized spacial score (nSPS) is 22.4. The van der Waals surface area contributed by atoms with E-state index in [2.05, 4.69) is 19.8 Å². The first-order valence-corrected chi connectivity index (χ1v) is 11.5. The van der Waals surface area contributed by atoms with Gasteiger partial charge in [0.1, 0.15) is 11.6 Å². The van der Waals surface area contributed by atoms with Crippen LogP contribution in [0.2, 0.25) is 0 Å². The molecule has 32 heavy (non-hydrogen) atoms. The first-order valence-electron chi connectivity index (χ1n) is 11.5. The number of anilines is 2. The summed E-state index contributed by atoms with van der Waals surface area (Å²) < 4.78 is 14.2. The summed E-state index contributed by atoms with van der Waals surface area (Å²) in [6.07, 6.45) is 8.35. The molecule has 0 radical (unpaired) electrons. The number of hydrogen-bond acceptors (Lipinski definition) is 5. The lowest BCUT2D eigenvalue weighted by Gasteiger charge is -2.40. The smallest absolute Gasteiger partial charge is 0.323 e. The van der Waals surface area contributed by atoms with Crippen molar-refractivity contribution in [3.63, 3.8) is 0 Å². The zero-order valence-electron chi connectivity index (χ0n) is 18.9. The fourth-order valence-electron chi connectivity index (χ4n) is 5.65. The molecule has 7 nitrogen and oxygen atoms in total. The van der Waals surface area contributed by atoms with Crippen molar-refractivity contribution >= 4 is 17.5 Å². The van der Waals surface area contributed by atoms with Crippen LogP contribution in [-0.4, -0.2) is 79.2 Å². The van der Waals surface area contributed by atoms with Crippen molar-refractivity contribution in [3.05, 3.63) is 48.2 Å². The highest BCUT2D eigenvalue weighted by atomic mass is 19.1. The van der Waals surface area contributed by atoms with Gasteiger partial charge in [-0.2, -0.15) is 0 Å². The van der Waals surface area contributed by atoms with E-state index in [9.17, 15) is 9.18 Å². The van der Waals surface area contributed by atoms with Gasteiger partial charge in [0.2, 0.25) is 0 Å². The number of hydrogen-bond donors (Lipinski definition) is 0. The van der Waals surface area contributed by atoms with Crippen LogP contribution in [0.3, 0.4) is 0 Å². The molecule has 1 aromatic heterocycles. The van der Waals surface area contributed by atoms with Gasteiger partial charge in [-0.1, -0.05) is 0 Å². The van der Waals surface area contributed by atoms with E-state index in [0.29, 0.717) is 12.5 Å². The lowest BCUT2D eigenvalue weighted by atomic mass is 9.74. The third-order valence-corrected chi connectivity index (χ3v) is 7.38. The van der Waals surface area contributed by atoms with Crippen LogP contribution in [0.5, 0.6) is 0 Å². The molecule has 2 aromatic rings. The lowest BCUT2D eigenvalue weighted by Crippen LogP contribution is -2.48.